The minimum Gasteiger partial charge on any atom is -0.367 e. The van der Waals surface area contributed by atoms with Gasteiger partial charge in [-0.25, -0.2) is 0 Å². The van der Waals surface area contributed by atoms with E-state index in [9.17, 15) is 9.59 Å². The van der Waals surface area contributed by atoms with Gasteiger partial charge in [-0.1, -0.05) is 0 Å². The summed E-state index contributed by atoms with van der Waals surface area (Å²) in [6.07, 6.45) is -1.38. The molecule has 2 atom stereocenters. The maximum Gasteiger partial charge on any atom is 0.252 e. The zero-order chi connectivity index (χ0) is 9.30. The van der Waals surface area contributed by atoms with E-state index in [0.29, 0.717) is 0 Å². The molecule has 5 heteroatoms. The van der Waals surface area contributed by atoms with E-state index in [2.05, 4.69) is 5.32 Å². The summed E-state index contributed by atoms with van der Waals surface area (Å²) in [6.45, 7) is 3.67. The van der Waals surface area contributed by atoms with Gasteiger partial charge in [-0.3, -0.25) is 9.59 Å². The van der Waals surface area contributed by atoms with E-state index < -0.39 is 18.1 Å². The molecule has 0 aromatic rings. The highest BCUT2D eigenvalue weighted by Gasteiger charge is 2.49. The number of carbonyl (C=O) groups is 2. The SMILES string of the molecule is CC(C)NC(=O)C1OC1C(N)=O. The van der Waals surface area contributed by atoms with Crippen molar-refractivity contribution in [2.75, 3.05) is 0 Å². The number of hydrogen-bond donors (Lipinski definition) is 2. The molecule has 12 heavy (non-hydrogen) atoms. The second kappa shape index (κ2) is 3.10. The molecule has 0 aliphatic carbocycles. The summed E-state index contributed by atoms with van der Waals surface area (Å²) in [4.78, 5) is 21.6. The van der Waals surface area contributed by atoms with E-state index in [-0.39, 0.29) is 11.9 Å². The van der Waals surface area contributed by atoms with Gasteiger partial charge in [-0.05, 0) is 13.8 Å². The Morgan fingerprint density at radius 1 is 1.42 bits per heavy atom. The molecule has 0 spiro atoms. The summed E-state index contributed by atoms with van der Waals surface area (Å²) in [5, 5.41) is 2.62. The first-order valence-electron chi connectivity index (χ1n) is 3.77. The highest BCUT2D eigenvalue weighted by Crippen LogP contribution is 2.21. The van der Waals surface area contributed by atoms with E-state index in [0.717, 1.165) is 0 Å². The molecule has 1 heterocycles. The van der Waals surface area contributed by atoms with Gasteiger partial charge in [0.15, 0.2) is 12.2 Å². The molecular weight excluding hydrogens is 160 g/mol. The first kappa shape index (κ1) is 8.99. The average molecular weight is 172 g/mol. The molecule has 1 fully saturated rings. The smallest absolute Gasteiger partial charge is 0.252 e. The minimum atomic E-state index is -0.719. The molecule has 1 aliphatic heterocycles. The van der Waals surface area contributed by atoms with Crippen molar-refractivity contribution in [1.82, 2.24) is 5.32 Å². The molecule has 1 saturated heterocycles. The number of epoxide rings is 1. The van der Waals surface area contributed by atoms with Crippen LogP contribution in [0, 0.1) is 0 Å². The number of primary amides is 1. The van der Waals surface area contributed by atoms with Crippen molar-refractivity contribution in [3.05, 3.63) is 0 Å². The summed E-state index contributed by atoms with van der Waals surface area (Å²) in [5.41, 5.74) is 4.91. The summed E-state index contributed by atoms with van der Waals surface area (Å²) in [5.74, 6) is -0.854. The Balaban J connectivity index is 2.33. The van der Waals surface area contributed by atoms with Crippen LogP contribution in [0.1, 0.15) is 13.8 Å². The third kappa shape index (κ3) is 1.94. The zero-order valence-electron chi connectivity index (χ0n) is 7.03. The predicted molar refractivity (Wildman–Crippen MR) is 41.1 cm³/mol. The van der Waals surface area contributed by atoms with Gasteiger partial charge in [0.1, 0.15) is 0 Å². The Kier molecular flexibility index (Phi) is 2.32. The second-order valence-corrected chi connectivity index (χ2v) is 3.04. The van der Waals surface area contributed by atoms with Crippen molar-refractivity contribution in [2.24, 2.45) is 5.73 Å². The largest absolute Gasteiger partial charge is 0.367 e. The third-order valence-electron chi connectivity index (χ3n) is 1.46. The van der Waals surface area contributed by atoms with Crippen LogP contribution < -0.4 is 11.1 Å². The van der Waals surface area contributed by atoms with Crippen LogP contribution in [0.5, 0.6) is 0 Å². The van der Waals surface area contributed by atoms with E-state index >= 15 is 0 Å². The van der Waals surface area contributed by atoms with Crippen molar-refractivity contribution < 1.29 is 14.3 Å². The van der Waals surface area contributed by atoms with E-state index in [1.54, 1.807) is 0 Å². The third-order valence-corrected chi connectivity index (χ3v) is 1.46. The number of amides is 2. The van der Waals surface area contributed by atoms with Crippen LogP contribution in [0.25, 0.3) is 0 Å². The van der Waals surface area contributed by atoms with Gasteiger partial charge >= 0.3 is 0 Å². The molecular formula is C7H12N2O3. The van der Waals surface area contributed by atoms with Gasteiger partial charge in [-0.15, -0.1) is 0 Å². The Morgan fingerprint density at radius 3 is 2.33 bits per heavy atom. The summed E-state index contributed by atoms with van der Waals surface area (Å²) in [6, 6.07) is 0.0511. The topological polar surface area (TPSA) is 84.7 Å². The number of nitrogens with one attached hydrogen (secondary N) is 1. The summed E-state index contributed by atoms with van der Waals surface area (Å²) < 4.78 is 4.75. The lowest BCUT2D eigenvalue weighted by molar-refractivity contribution is -0.123. The second-order valence-electron chi connectivity index (χ2n) is 3.04. The van der Waals surface area contributed by atoms with Crippen LogP contribution in [-0.4, -0.2) is 30.1 Å². The van der Waals surface area contributed by atoms with Crippen LogP contribution in [-0.2, 0) is 14.3 Å². The monoisotopic (exact) mass is 172 g/mol. The zero-order valence-corrected chi connectivity index (χ0v) is 7.03. The molecule has 1 rings (SSSR count). The lowest BCUT2D eigenvalue weighted by Crippen LogP contribution is -2.36. The lowest BCUT2D eigenvalue weighted by atomic mass is 10.2. The first-order valence-corrected chi connectivity index (χ1v) is 3.77. The number of nitrogens with two attached hydrogens (primary N) is 1. The Hall–Kier alpha value is -1.10. The maximum atomic E-state index is 11.1. The van der Waals surface area contributed by atoms with Crippen LogP contribution in [0.3, 0.4) is 0 Å². The van der Waals surface area contributed by atoms with Crippen molar-refractivity contribution in [3.63, 3.8) is 0 Å². The van der Waals surface area contributed by atoms with Gasteiger partial charge in [0.25, 0.3) is 5.91 Å². The molecule has 2 unspecified atom stereocenters. The van der Waals surface area contributed by atoms with Crippen molar-refractivity contribution in [3.8, 4) is 0 Å². The fourth-order valence-electron chi connectivity index (χ4n) is 0.895. The van der Waals surface area contributed by atoms with Crippen LogP contribution in [0.2, 0.25) is 0 Å². The predicted octanol–water partition coefficient (Wildman–Crippen LogP) is -1.24. The molecule has 0 aromatic heterocycles. The fourth-order valence-corrected chi connectivity index (χ4v) is 0.895. The van der Waals surface area contributed by atoms with Crippen molar-refractivity contribution in [2.45, 2.75) is 32.1 Å². The Bertz CT molecular complexity index is 215. The molecule has 1 aliphatic rings. The maximum absolute atomic E-state index is 11.1. The quantitative estimate of drug-likeness (QED) is 0.522. The molecule has 0 radical (unpaired) electrons. The highest BCUT2D eigenvalue weighted by atomic mass is 16.6. The number of ether oxygens (including phenoxy) is 1. The van der Waals surface area contributed by atoms with Crippen molar-refractivity contribution in [1.29, 1.82) is 0 Å². The van der Waals surface area contributed by atoms with Crippen LogP contribution in [0.15, 0.2) is 0 Å². The normalized spacial score (nSPS) is 26.9. The van der Waals surface area contributed by atoms with Crippen molar-refractivity contribution >= 4 is 11.8 Å². The summed E-state index contributed by atoms with van der Waals surface area (Å²) >= 11 is 0. The van der Waals surface area contributed by atoms with Gasteiger partial charge in [0.2, 0.25) is 5.91 Å². The van der Waals surface area contributed by atoms with Crippen LogP contribution >= 0.6 is 0 Å². The molecule has 2 amide bonds. The molecule has 0 aromatic carbocycles. The highest BCUT2D eigenvalue weighted by molar-refractivity contribution is 5.94. The number of hydrogen-bond acceptors (Lipinski definition) is 3. The fraction of sp³-hybridized carbons (Fsp3) is 0.714. The number of carbonyl (C=O) groups excluding carboxylic acids is 2. The van der Waals surface area contributed by atoms with Gasteiger partial charge < -0.3 is 15.8 Å². The van der Waals surface area contributed by atoms with E-state index in [1.165, 1.54) is 0 Å². The van der Waals surface area contributed by atoms with E-state index in [1.807, 2.05) is 13.8 Å². The number of rotatable bonds is 3. The molecule has 0 bridgehead atoms. The molecule has 3 N–H and O–H groups in total. The minimum absolute atomic E-state index is 0.0511. The van der Waals surface area contributed by atoms with Crippen LogP contribution in [0.4, 0.5) is 0 Å². The van der Waals surface area contributed by atoms with E-state index in [4.69, 9.17) is 10.5 Å². The Morgan fingerprint density at radius 2 is 2.00 bits per heavy atom. The first-order chi connectivity index (χ1) is 5.52. The lowest BCUT2D eigenvalue weighted by Gasteiger charge is -2.04. The molecule has 5 nitrogen and oxygen atoms in total. The standard InChI is InChI=1S/C7H12N2O3/c1-3(2)9-7(11)5-4(12-5)6(8)10/h3-5H,1-2H3,(H2,8,10)(H,9,11). The Labute approximate surface area is 70.2 Å². The van der Waals surface area contributed by atoms with Gasteiger partial charge in [0.05, 0.1) is 0 Å². The molecule has 68 valence electrons. The molecule has 0 saturated carbocycles. The van der Waals surface area contributed by atoms with Gasteiger partial charge in [-0.2, -0.15) is 0 Å². The van der Waals surface area contributed by atoms with Gasteiger partial charge in [0, 0.05) is 6.04 Å². The average Bonchev–Trinajstić information content (AvgIpc) is 2.61. The summed E-state index contributed by atoms with van der Waals surface area (Å²) in [7, 11) is 0.